The van der Waals surface area contributed by atoms with Crippen LogP contribution in [0.25, 0.3) is 0 Å². The van der Waals surface area contributed by atoms with Gasteiger partial charge >= 0.3 is 0 Å². The molecule has 1 saturated carbocycles. The lowest BCUT2D eigenvalue weighted by Crippen LogP contribution is -2.47. The van der Waals surface area contributed by atoms with E-state index in [1.54, 1.807) is 0 Å². The number of nitrogens with one attached hydrogen (secondary N) is 1. The van der Waals surface area contributed by atoms with Crippen LogP contribution in [0.4, 0.5) is 0 Å². The standard InChI is InChI=1S/C13H16ClNO3/c14-8-13(5-1-2-6-13)15-12(18)10-7-9(16)3-4-11(10)17/h3-4,7,16-17H,1-2,5-6,8H2,(H,15,18). The molecule has 0 spiro atoms. The van der Waals surface area contributed by atoms with Crippen molar-refractivity contribution < 1.29 is 15.0 Å². The second kappa shape index (κ2) is 5.06. The number of carbonyl (C=O) groups is 1. The van der Waals surface area contributed by atoms with Gasteiger partial charge in [0.25, 0.3) is 5.91 Å². The van der Waals surface area contributed by atoms with Gasteiger partial charge in [-0.05, 0) is 31.0 Å². The van der Waals surface area contributed by atoms with Crippen LogP contribution in [0.5, 0.6) is 11.5 Å². The molecule has 18 heavy (non-hydrogen) atoms. The van der Waals surface area contributed by atoms with Gasteiger partial charge in [0.05, 0.1) is 11.1 Å². The van der Waals surface area contributed by atoms with Gasteiger partial charge in [-0.15, -0.1) is 11.6 Å². The largest absolute Gasteiger partial charge is 0.508 e. The minimum atomic E-state index is -0.397. The van der Waals surface area contributed by atoms with E-state index in [1.165, 1.54) is 18.2 Å². The molecular weight excluding hydrogens is 254 g/mol. The third kappa shape index (κ3) is 2.53. The summed E-state index contributed by atoms with van der Waals surface area (Å²) in [6.45, 7) is 0. The zero-order chi connectivity index (χ0) is 13.2. The first-order chi connectivity index (χ1) is 8.56. The van der Waals surface area contributed by atoms with Crippen molar-refractivity contribution in [2.24, 2.45) is 0 Å². The summed E-state index contributed by atoms with van der Waals surface area (Å²) in [7, 11) is 0. The molecule has 2 rings (SSSR count). The molecule has 1 amide bonds. The maximum atomic E-state index is 12.1. The van der Waals surface area contributed by atoms with E-state index in [0.29, 0.717) is 5.88 Å². The topological polar surface area (TPSA) is 69.6 Å². The third-order valence-electron chi connectivity index (χ3n) is 3.42. The minimum absolute atomic E-state index is 0.0516. The second-order valence-corrected chi connectivity index (χ2v) is 5.04. The maximum Gasteiger partial charge on any atom is 0.255 e. The van der Waals surface area contributed by atoms with E-state index in [2.05, 4.69) is 5.32 Å². The van der Waals surface area contributed by atoms with Gasteiger partial charge in [0.1, 0.15) is 11.5 Å². The van der Waals surface area contributed by atoms with E-state index in [1.807, 2.05) is 0 Å². The molecule has 4 nitrogen and oxygen atoms in total. The fourth-order valence-corrected chi connectivity index (χ4v) is 2.69. The van der Waals surface area contributed by atoms with Crippen molar-refractivity contribution in [1.29, 1.82) is 0 Å². The van der Waals surface area contributed by atoms with Gasteiger partial charge in [-0.25, -0.2) is 0 Å². The molecule has 1 aliphatic carbocycles. The average molecular weight is 270 g/mol. The fourth-order valence-electron chi connectivity index (χ4n) is 2.36. The molecule has 1 aromatic carbocycles. The van der Waals surface area contributed by atoms with E-state index in [-0.39, 0.29) is 22.6 Å². The molecule has 0 heterocycles. The summed E-state index contributed by atoms with van der Waals surface area (Å²) in [4.78, 5) is 12.1. The van der Waals surface area contributed by atoms with Crippen molar-refractivity contribution >= 4 is 17.5 Å². The van der Waals surface area contributed by atoms with Gasteiger partial charge < -0.3 is 15.5 Å². The SMILES string of the molecule is O=C(NC1(CCl)CCCC1)c1cc(O)ccc1O. The van der Waals surface area contributed by atoms with Gasteiger partial charge in [-0.2, -0.15) is 0 Å². The Morgan fingerprint density at radius 1 is 1.33 bits per heavy atom. The average Bonchev–Trinajstić information content (AvgIpc) is 2.81. The molecule has 0 saturated heterocycles. The predicted octanol–water partition coefficient (Wildman–Crippen LogP) is 2.38. The van der Waals surface area contributed by atoms with Crippen LogP contribution in [0.3, 0.4) is 0 Å². The number of phenolic OH excluding ortho intramolecular Hbond substituents is 2. The fraction of sp³-hybridized carbons (Fsp3) is 0.462. The van der Waals surface area contributed by atoms with E-state index in [4.69, 9.17) is 11.6 Å². The van der Waals surface area contributed by atoms with E-state index in [9.17, 15) is 15.0 Å². The first-order valence-electron chi connectivity index (χ1n) is 5.97. The minimum Gasteiger partial charge on any atom is -0.508 e. The molecule has 0 aromatic heterocycles. The Hall–Kier alpha value is -1.42. The van der Waals surface area contributed by atoms with Crippen LogP contribution in [0.2, 0.25) is 0 Å². The number of benzene rings is 1. The van der Waals surface area contributed by atoms with Crippen molar-refractivity contribution in [2.45, 2.75) is 31.2 Å². The molecule has 1 aliphatic rings. The molecule has 0 aliphatic heterocycles. The highest BCUT2D eigenvalue weighted by Crippen LogP contribution is 2.32. The molecule has 0 bridgehead atoms. The van der Waals surface area contributed by atoms with Crippen molar-refractivity contribution in [3.05, 3.63) is 23.8 Å². The zero-order valence-electron chi connectivity index (χ0n) is 9.95. The normalized spacial score (nSPS) is 17.6. The highest BCUT2D eigenvalue weighted by Gasteiger charge is 2.35. The highest BCUT2D eigenvalue weighted by molar-refractivity contribution is 6.19. The predicted molar refractivity (Wildman–Crippen MR) is 69.2 cm³/mol. The van der Waals surface area contributed by atoms with Crippen LogP contribution >= 0.6 is 11.6 Å². The maximum absolute atomic E-state index is 12.1. The molecule has 3 N–H and O–H groups in total. The number of alkyl halides is 1. The van der Waals surface area contributed by atoms with Crippen LogP contribution in [-0.4, -0.2) is 27.5 Å². The lowest BCUT2D eigenvalue weighted by Gasteiger charge is -2.28. The Balaban J connectivity index is 2.18. The molecule has 1 fully saturated rings. The van der Waals surface area contributed by atoms with Gasteiger partial charge in [-0.1, -0.05) is 12.8 Å². The molecular formula is C13H16ClNO3. The van der Waals surface area contributed by atoms with Crippen LogP contribution < -0.4 is 5.32 Å². The molecule has 0 unspecified atom stereocenters. The number of halogens is 1. The van der Waals surface area contributed by atoms with E-state index in [0.717, 1.165) is 25.7 Å². The molecule has 0 radical (unpaired) electrons. The van der Waals surface area contributed by atoms with Crippen molar-refractivity contribution in [2.75, 3.05) is 5.88 Å². The molecule has 98 valence electrons. The summed E-state index contributed by atoms with van der Waals surface area (Å²) in [5.41, 5.74) is -0.303. The van der Waals surface area contributed by atoms with Gasteiger partial charge in [0, 0.05) is 5.88 Å². The quantitative estimate of drug-likeness (QED) is 0.583. The first kappa shape index (κ1) is 13.0. The number of aromatic hydroxyl groups is 2. The second-order valence-electron chi connectivity index (χ2n) is 4.78. The van der Waals surface area contributed by atoms with Crippen LogP contribution in [0, 0.1) is 0 Å². The summed E-state index contributed by atoms with van der Waals surface area (Å²) in [6.07, 6.45) is 3.78. The molecule has 1 aromatic rings. The Morgan fingerprint density at radius 2 is 2.00 bits per heavy atom. The van der Waals surface area contributed by atoms with E-state index < -0.39 is 5.91 Å². The van der Waals surface area contributed by atoms with Gasteiger partial charge in [0.2, 0.25) is 0 Å². The lowest BCUT2D eigenvalue weighted by molar-refractivity contribution is 0.0906. The van der Waals surface area contributed by atoms with Crippen LogP contribution in [0.1, 0.15) is 36.0 Å². The Bertz CT molecular complexity index is 456. The first-order valence-corrected chi connectivity index (χ1v) is 6.50. The van der Waals surface area contributed by atoms with Crippen molar-refractivity contribution in [1.82, 2.24) is 5.32 Å². The Morgan fingerprint density at radius 3 is 2.61 bits per heavy atom. The van der Waals surface area contributed by atoms with E-state index >= 15 is 0 Å². The van der Waals surface area contributed by atoms with Crippen molar-refractivity contribution in [3.63, 3.8) is 0 Å². The Kier molecular flexibility index (Phi) is 3.66. The van der Waals surface area contributed by atoms with Gasteiger partial charge in [-0.3, -0.25) is 4.79 Å². The number of phenols is 2. The van der Waals surface area contributed by atoms with Gasteiger partial charge in [0.15, 0.2) is 0 Å². The summed E-state index contributed by atoms with van der Waals surface area (Å²) in [5, 5.41) is 21.9. The molecule has 0 atom stereocenters. The zero-order valence-corrected chi connectivity index (χ0v) is 10.7. The van der Waals surface area contributed by atoms with Crippen LogP contribution in [0.15, 0.2) is 18.2 Å². The number of hydrogen-bond donors (Lipinski definition) is 3. The number of carbonyl (C=O) groups excluding carboxylic acids is 1. The lowest BCUT2D eigenvalue weighted by atomic mass is 9.99. The van der Waals surface area contributed by atoms with Crippen molar-refractivity contribution in [3.8, 4) is 11.5 Å². The monoisotopic (exact) mass is 269 g/mol. The molecule has 5 heteroatoms. The summed E-state index contributed by atoms with van der Waals surface area (Å²) in [6, 6.07) is 3.88. The third-order valence-corrected chi connectivity index (χ3v) is 3.93. The highest BCUT2D eigenvalue weighted by atomic mass is 35.5. The Labute approximate surface area is 111 Å². The number of rotatable bonds is 3. The van der Waals surface area contributed by atoms with Crippen LogP contribution in [-0.2, 0) is 0 Å². The smallest absolute Gasteiger partial charge is 0.255 e. The number of amides is 1. The summed E-state index contributed by atoms with van der Waals surface area (Å²) < 4.78 is 0. The summed E-state index contributed by atoms with van der Waals surface area (Å²) in [5.74, 6) is -0.235. The summed E-state index contributed by atoms with van der Waals surface area (Å²) >= 11 is 5.94. The number of hydrogen-bond acceptors (Lipinski definition) is 3.